The number of ether oxygens (including phenoxy) is 1. The van der Waals surface area contributed by atoms with Crippen LogP contribution in [0.4, 0.5) is 14.5 Å². The van der Waals surface area contributed by atoms with Gasteiger partial charge in [0.25, 0.3) is 11.8 Å². The Morgan fingerprint density at radius 1 is 0.939 bits per heavy atom. The second-order valence-electron chi connectivity index (χ2n) is 6.72. The van der Waals surface area contributed by atoms with Crippen LogP contribution in [0.2, 0.25) is 0 Å². The highest BCUT2D eigenvalue weighted by atomic mass is 19.1. The Kier molecular flexibility index (Phi) is 7.14. The van der Waals surface area contributed by atoms with E-state index < -0.39 is 29.4 Å². The third-order valence-corrected chi connectivity index (χ3v) is 4.49. The van der Waals surface area contributed by atoms with Gasteiger partial charge in [-0.2, -0.15) is 0 Å². The fraction of sp³-hybridized carbons (Fsp3) is 0.0417. The second kappa shape index (κ2) is 10.2. The number of carbonyl (C=O) groups is 3. The van der Waals surface area contributed by atoms with Gasteiger partial charge < -0.3 is 20.5 Å². The average molecular weight is 452 g/mol. The zero-order valence-electron chi connectivity index (χ0n) is 17.3. The van der Waals surface area contributed by atoms with Gasteiger partial charge in [-0.05, 0) is 48.5 Å². The molecular formula is C24H18F2N2O5. The number of nitrogens with one attached hydrogen (secondary N) is 2. The molecule has 7 nitrogen and oxygen atoms in total. The summed E-state index contributed by atoms with van der Waals surface area (Å²) in [7, 11) is 1.33. The number of carboxylic acid groups (broad SMARTS) is 1. The van der Waals surface area contributed by atoms with Crippen LogP contribution in [0.1, 0.15) is 26.3 Å². The first kappa shape index (κ1) is 23.1. The maximum Gasteiger partial charge on any atom is 0.335 e. The maximum absolute atomic E-state index is 14.2. The molecule has 0 fully saturated rings. The van der Waals surface area contributed by atoms with Gasteiger partial charge in [0.1, 0.15) is 23.1 Å². The summed E-state index contributed by atoms with van der Waals surface area (Å²) in [6, 6.07) is 14.6. The van der Waals surface area contributed by atoms with E-state index in [2.05, 4.69) is 10.6 Å². The van der Waals surface area contributed by atoms with Crippen LogP contribution in [0.3, 0.4) is 0 Å². The maximum atomic E-state index is 14.2. The van der Waals surface area contributed by atoms with Crippen molar-refractivity contribution in [3.05, 3.63) is 101 Å². The number of amides is 2. The number of hydrogen-bond acceptors (Lipinski definition) is 4. The fourth-order valence-corrected chi connectivity index (χ4v) is 2.84. The predicted molar refractivity (Wildman–Crippen MR) is 117 cm³/mol. The van der Waals surface area contributed by atoms with Crippen molar-refractivity contribution in [1.29, 1.82) is 0 Å². The summed E-state index contributed by atoms with van der Waals surface area (Å²) in [5.74, 6) is -4.35. The number of rotatable bonds is 7. The van der Waals surface area contributed by atoms with Crippen LogP contribution in [0.25, 0.3) is 6.08 Å². The molecule has 9 heteroatoms. The van der Waals surface area contributed by atoms with Crippen molar-refractivity contribution in [1.82, 2.24) is 5.32 Å². The minimum Gasteiger partial charge on any atom is -0.495 e. The lowest BCUT2D eigenvalue weighted by atomic mass is 10.1. The molecule has 3 aromatic carbocycles. The topological polar surface area (TPSA) is 105 Å². The molecule has 0 saturated heterocycles. The average Bonchev–Trinajstić information content (AvgIpc) is 2.80. The van der Waals surface area contributed by atoms with E-state index in [9.17, 15) is 28.3 Å². The summed E-state index contributed by atoms with van der Waals surface area (Å²) in [4.78, 5) is 36.9. The van der Waals surface area contributed by atoms with Crippen molar-refractivity contribution in [2.45, 2.75) is 0 Å². The highest BCUT2D eigenvalue weighted by molar-refractivity contribution is 6.11. The summed E-state index contributed by atoms with van der Waals surface area (Å²) in [6.07, 6.45) is 1.04. The summed E-state index contributed by atoms with van der Waals surface area (Å²) in [5, 5.41) is 14.1. The number of halogens is 2. The molecule has 0 unspecified atom stereocenters. The Balaban J connectivity index is 1.99. The van der Waals surface area contributed by atoms with Crippen LogP contribution >= 0.6 is 0 Å². The number of carboxylic acids is 1. The van der Waals surface area contributed by atoms with Gasteiger partial charge in [-0.15, -0.1) is 0 Å². The Hall–Kier alpha value is -4.53. The third-order valence-electron chi connectivity index (χ3n) is 4.49. The SMILES string of the molecule is COc1ccc(C(=O)O)cc1NC(=O)/C(=C/c1ccc(F)cc1F)NC(=O)c1ccccc1. The van der Waals surface area contributed by atoms with Crippen LogP contribution in [0.5, 0.6) is 5.75 Å². The van der Waals surface area contributed by atoms with Crippen molar-refractivity contribution < 1.29 is 33.0 Å². The van der Waals surface area contributed by atoms with E-state index in [4.69, 9.17) is 4.74 Å². The number of carbonyl (C=O) groups excluding carboxylic acids is 2. The first-order valence-electron chi connectivity index (χ1n) is 9.54. The molecule has 0 saturated carbocycles. The molecule has 0 heterocycles. The lowest BCUT2D eigenvalue weighted by Crippen LogP contribution is -2.31. The Labute approximate surface area is 187 Å². The van der Waals surface area contributed by atoms with Gasteiger partial charge in [0.2, 0.25) is 0 Å². The predicted octanol–water partition coefficient (Wildman–Crippen LogP) is 4.08. The lowest BCUT2D eigenvalue weighted by Gasteiger charge is -2.14. The highest BCUT2D eigenvalue weighted by Crippen LogP contribution is 2.26. The van der Waals surface area contributed by atoms with E-state index in [-0.39, 0.29) is 33.8 Å². The molecule has 0 aliphatic carbocycles. The fourth-order valence-electron chi connectivity index (χ4n) is 2.84. The molecular weight excluding hydrogens is 434 g/mol. The Morgan fingerprint density at radius 3 is 2.30 bits per heavy atom. The molecule has 0 aliphatic rings. The number of methoxy groups -OCH3 is 1. The second-order valence-corrected chi connectivity index (χ2v) is 6.72. The van der Waals surface area contributed by atoms with Crippen LogP contribution in [-0.2, 0) is 4.79 Å². The summed E-state index contributed by atoms with van der Waals surface area (Å²) in [5.41, 5.74) is -0.379. The Morgan fingerprint density at radius 2 is 1.67 bits per heavy atom. The van der Waals surface area contributed by atoms with Crippen molar-refractivity contribution >= 4 is 29.5 Å². The van der Waals surface area contributed by atoms with Gasteiger partial charge in [-0.25, -0.2) is 13.6 Å². The smallest absolute Gasteiger partial charge is 0.335 e. The molecule has 0 spiro atoms. The third kappa shape index (κ3) is 5.79. The molecule has 0 radical (unpaired) electrons. The Bertz CT molecular complexity index is 1240. The standard InChI is InChI=1S/C24H18F2N2O5/c1-33-21-10-8-16(24(31)32)12-19(21)27-23(30)20(11-15-7-9-17(25)13-18(15)26)28-22(29)14-5-3-2-4-6-14/h2-13H,1H3,(H,27,30)(H,28,29)(H,31,32)/b20-11-. The van der Waals surface area contributed by atoms with Crippen molar-refractivity contribution in [3.63, 3.8) is 0 Å². The first-order valence-corrected chi connectivity index (χ1v) is 9.54. The van der Waals surface area contributed by atoms with Gasteiger partial charge >= 0.3 is 5.97 Å². The molecule has 0 aromatic heterocycles. The number of aromatic carboxylic acids is 1. The van der Waals surface area contributed by atoms with Gasteiger partial charge in [0, 0.05) is 17.2 Å². The minimum absolute atomic E-state index is 0.0156. The van der Waals surface area contributed by atoms with Crippen LogP contribution in [0.15, 0.2) is 72.4 Å². The van der Waals surface area contributed by atoms with Crippen LogP contribution < -0.4 is 15.4 Å². The van der Waals surface area contributed by atoms with Gasteiger partial charge in [0.05, 0.1) is 18.4 Å². The first-order chi connectivity index (χ1) is 15.8. The molecule has 3 aromatic rings. The number of benzene rings is 3. The van der Waals surface area contributed by atoms with Crippen molar-refractivity contribution in [2.24, 2.45) is 0 Å². The largest absolute Gasteiger partial charge is 0.495 e. The van der Waals surface area contributed by atoms with Crippen molar-refractivity contribution in [3.8, 4) is 5.75 Å². The minimum atomic E-state index is -1.23. The molecule has 0 aliphatic heterocycles. The van der Waals surface area contributed by atoms with E-state index in [1.54, 1.807) is 18.2 Å². The number of hydrogen-bond donors (Lipinski definition) is 3. The molecule has 168 valence electrons. The summed E-state index contributed by atoms with van der Waals surface area (Å²) >= 11 is 0. The zero-order valence-corrected chi connectivity index (χ0v) is 17.3. The summed E-state index contributed by atoms with van der Waals surface area (Å²) < 4.78 is 32.6. The molecule has 33 heavy (non-hydrogen) atoms. The van der Waals surface area contributed by atoms with Crippen molar-refractivity contribution in [2.75, 3.05) is 12.4 Å². The quantitative estimate of drug-likeness (QED) is 0.469. The van der Waals surface area contributed by atoms with Gasteiger partial charge in [-0.3, -0.25) is 9.59 Å². The molecule has 0 bridgehead atoms. The van der Waals surface area contributed by atoms with Crippen LogP contribution in [-0.4, -0.2) is 30.0 Å². The van der Waals surface area contributed by atoms with E-state index in [0.29, 0.717) is 6.07 Å². The zero-order chi connectivity index (χ0) is 24.0. The molecule has 3 rings (SSSR count). The summed E-state index contributed by atoms with van der Waals surface area (Å²) in [6.45, 7) is 0. The number of anilines is 1. The van der Waals surface area contributed by atoms with Gasteiger partial charge in [-0.1, -0.05) is 18.2 Å². The lowest BCUT2D eigenvalue weighted by molar-refractivity contribution is -0.113. The van der Waals surface area contributed by atoms with E-state index in [1.165, 1.54) is 37.4 Å². The van der Waals surface area contributed by atoms with Crippen LogP contribution in [0, 0.1) is 11.6 Å². The monoisotopic (exact) mass is 452 g/mol. The molecule has 3 N–H and O–H groups in total. The normalized spacial score (nSPS) is 10.9. The highest BCUT2D eigenvalue weighted by Gasteiger charge is 2.18. The van der Waals surface area contributed by atoms with E-state index >= 15 is 0 Å². The van der Waals surface area contributed by atoms with E-state index in [0.717, 1.165) is 18.2 Å². The van der Waals surface area contributed by atoms with E-state index in [1.807, 2.05) is 0 Å². The van der Waals surface area contributed by atoms with Gasteiger partial charge in [0.15, 0.2) is 0 Å². The molecule has 2 amide bonds. The molecule has 0 atom stereocenters.